The Balaban J connectivity index is 1.33. The van der Waals surface area contributed by atoms with E-state index in [9.17, 15) is 4.79 Å². The second kappa shape index (κ2) is 15.7. The predicted octanol–water partition coefficient (Wildman–Crippen LogP) is 7.96. The summed E-state index contributed by atoms with van der Waals surface area (Å²) in [7, 11) is 6.43. The van der Waals surface area contributed by atoms with E-state index >= 15 is 0 Å². The van der Waals surface area contributed by atoms with E-state index in [2.05, 4.69) is 49.1 Å². The molecule has 0 spiro atoms. The second-order valence-electron chi connectivity index (χ2n) is 11.8. The molecule has 0 saturated carbocycles. The van der Waals surface area contributed by atoms with Crippen LogP contribution >= 0.6 is 0 Å². The molecule has 0 bridgehead atoms. The van der Waals surface area contributed by atoms with Crippen molar-refractivity contribution in [3.05, 3.63) is 94.0 Å². The number of carbonyl (C=O) groups excluding carboxylic acids is 1. The fourth-order valence-electron chi connectivity index (χ4n) is 6.24. The molecule has 8 nitrogen and oxygen atoms in total. The van der Waals surface area contributed by atoms with Gasteiger partial charge in [-0.2, -0.15) is 0 Å². The van der Waals surface area contributed by atoms with Crippen molar-refractivity contribution < 1.29 is 33.2 Å². The van der Waals surface area contributed by atoms with Crippen molar-refractivity contribution in [2.75, 3.05) is 41.5 Å². The largest absolute Gasteiger partial charge is 0.496 e. The molecular formula is C39H45NO7. The fourth-order valence-corrected chi connectivity index (χ4v) is 6.24. The SMILES string of the molecule is COc1cc(OCc2cccc(-c3cccc(COc4cc(OC)c(CN5CCCCC5)c(OC)c4)c3C)c2C)cc(OC)c1C=O. The third-order valence-electron chi connectivity index (χ3n) is 9.02. The maximum Gasteiger partial charge on any atom is 0.157 e. The molecule has 0 amide bonds. The lowest BCUT2D eigenvalue weighted by molar-refractivity contribution is 0.111. The van der Waals surface area contributed by atoms with Crippen LogP contribution < -0.4 is 28.4 Å². The number of benzene rings is 4. The first-order chi connectivity index (χ1) is 22.9. The average molecular weight is 640 g/mol. The summed E-state index contributed by atoms with van der Waals surface area (Å²) in [4.78, 5) is 14.0. The molecule has 1 aliphatic rings. The molecule has 1 heterocycles. The Hall–Kier alpha value is -4.69. The summed E-state index contributed by atoms with van der Waals surface area (Å²) in [5.41, 5.74) is 8.07. The number of piperidine rings is 1. The predicted molar refractivity (Wildman–Crippen MR) is 184 cm³/mol. The molecule has 1 fully saturated rings. The maximum absolute atomic E-state index is 11.5. The summed E-state index contributed by atoms with van der Waals surface area (Å²) in [6, 6.07) is 19.9. The number of ether oxygens (including phenoxy) is 6. The topological polar surface area (TPSA) is 75.7 Å². The van der Waals surface area contributed by atoms with Gasteiger partial charge in [0.2, 0.25) is 0 Å². The molecule has 0 unspecified atom stereocenters. The van der Waals surface area contributed by atoms with Gasteiger partial charge in [0.15, 0.2) is 6.29 Å². The zero-order valence-corrected chi connectivity index (χ0v) is 28.3. The molecule has 0 aromatic heterocycles. The number of hydrogen-bond acceptors (Lipinski definition) is 8. The van der Waals surface area contributed by atoms with Gasteiger partial charge in [-0.05, 0) is 73.2 Å². The molecule has 1 aliphatic heterocycles. The molecule has 5 rings (SSSR count). The Morgan fingerprint density at radius 3 is 1.51 bits per heavy atom. The highest BCUT2D eigenvalue weighted by molar-refractivity contribution is 5.84. The van der Waals surface area contributed by atoms with Gasteiger partial charge in [-0.1, -0.05) is 42.8 Å². The highest BCUT2D eigenvalue weighted by Crippen LogP contribution is 2.37. The molecule has 4 aromatic rings. The van der Waals surface area contributed by atoms with Crippen molar-refractivity contribution >= 4 is 6.29 Å². The first-order valence-electron chi connectivity index (χ1n) is 16.0. The molecule has 8 heteroatoms. The standard InChI is InChI=1S/C39H45NO7/c1-26-28(24-46-30-18-36(42-3)34(37(19-30)43-4)22-40-16-8-7-9-17-40)12-10-14-32(26)33-15-11-13-29(27(33)2)25-47-31-20-38(44-5)35(23-41)39(21-31)45-6/h10-15,18-21,23H,7-9,16-17,22,24-25H2,1-6H3. The zero-order chi connectivity index (χ0) is 33.3. The Labute approximate surface area is 278 Å². The van der Waals surface area contributed by atoms with Gasteiger partial charge in [0.05, 0.1) is 39.6 Å². The number of hydrogen-bond donors (Lipinski definition) is 0. The monoisotopic (exact) mass is 639 g/mol. The van der Waals surface area contributed by atoms with Crippen LogP contribution in [0.4, 0.5) is 0 Å². The lowest BCUT2D eigenvalue weighted by atomic mass is 9.92. The second-order valence-corrected chi connectivity index (χ2v) is 11.8. The van der Waals surface area contributed by atoms with Crippen molar-refractivity contribution in [3.8, 4) is 45.6 Å². The first-order valence-corrected chi connectivity index (χ1v) is 16.0. The molecule has 0 aliphatic carbocycles. The van der Waals surface area contributed by atoms with Crippen molar-refractivity contribution in [2.45, 2.75) is 52.9 Å². The van der Waals surface area contributed by atoms with Crippen LogP contribution in [0.15, 0.2) is 60.7 Å². The van der Waals surface area contributed by atoms with Crippen LogP contribution in [0.1, 0.15) is 57.4 Å². The average Bonchev–Trinajstić information content (AvgIpc) is 3.11. The molecule has 47 heavy (non-hydrogen) atoms. The number of methoxy groups -OCH3 is 4. The Bertz CT molecular complexity index is 1640. The summed E-state index contributed by atoms with van der Waals surface area (Å²) >= 11 is 0. The normalized spacial score (nSPS) is 13.1. The van der Waals surface area contributed by atoms with Crippen LogP contribution in [0, 0.1) is 13.8 Å². The van der Waals surface area contributed by atoms with E-state index in [0.717, 1.165) is 76.4 Å². The molecule has 248 valence electrons. The minimum atomic E-state index is 0.339. The smallest absolute Gasteiger partial charge is 0.157 e. The molecular weight excluding hydrogens is 594 g/mol. The van der Waals surface area contributed by atoms with E-state index in [1.807, 2.05) is 18.2 Å². The van der Waals surface area contributed by atoms with Gasteiger partial charge in [-0.15, -0.1) is 0 Å². The summed E-state index contributed by atoms with van der Waals surface area (Å²) in [5.74, 6) is 3.62. The summed E-state index contributed by atoms with van der Waals surface area (Å²) in [6.45, 7) is 7.97. The van der Waals surface area contributed by atoms with Crippen LogP contribution in [0.3, 0.4) is 0 Å². The third kappa shape index (κ3) is 7.66. The van der Waals surface area contributed by atoms with E-state index in [0.29, 0.717) is 41.8 Å². The van der Waals surface area contributed by atoms with Gasteiger partial charge in [0.1, 0.15) is 47.7 Å². The minimum absolute atomic E-state index is 0.339. The maximum atomic E-state index is 11.5. The van der Waals surface area contributed by atoms with E-state index < -0.39 is 0 Å². The lowest BCUT2D eigenvalue weighted by Crippen LogP contribution is -2.29. The van der Waals surface area contributed by atoms with E-state index in [1.54, 1.807) is 26.4 Å². The highest BCUT2D eigenvalue weighted by Gasteiger charge is 2.19. The number of rotatable bonds is 14. The van der Waals surface area contributed by atoms with Crippen molar-refractivity contribution in [1.29, 1.82) is 0 Å². The fraction of sp³-hybridized carbons (Fsp3) is 0.359. The zero-order valence-electron chi connectivity index (χ0n) is 28.3. The first kappa shape index (κ1) is 33.7. The lowest BCUT2D eigenvalue weighted by Gasteiger charge is -2.28. The van der Waals surface area contributed by atoms with Gasteiger partial charge < -0.3 is 28.4 Å². The van der Waals surface area contributed by atoms with Gasteiger partial charge in [-0.25, -0.2) is 0 Å². The molecule has 0 atom stereocenters. The van der Waals surface area contributed by atoms with E-state index in [-0.39, 0.29) is 0 Å². The van der Waals surface area contributed by atoms with Gasteiger partial charge in [-0.3, -0.25) is 9.69 Å². The van der Waals surface area contributed by atoms with E-state index in [1.165, 1.54) is 33.5 Å². The van der Waals surface area contributed by atoms with Crippen LogP contribution in [0.25, 0.3) is 11.1 Å². The summed E-state index contributed by atoms with van der Waals surface area (Å²) in [6.07, 6.45) is 4.47. The third-order valence-corrected chi connectivity index (χ3v) is 9.02. The number of aldehydes is 1. The van der Waals surface area contributed by atoms with Crippen LogP contribution in [0.5, 0.6) is 34.5 Å². The van der Waals surface area contributed by atoms with Gasteiger partial charge in [0.25, 0.3) is 0 Å². The summed E-state index contributed by atoms with van der Waals surface area (Å²) < 4.78 is 34.9. The van der Waals surface area contributed by atoms with E-state index in [4.69, 9.17) is 28.4 Å². The van der Waals surface area contributed by atoms with Gasteiger partial charge in [0, 0.05) is 30.8 Å². The Kier molecular flexibility index (Phi) is 11.3. The molecule has 0 radical (unpaired) electrons. The summed E-state index contributed by atoms with van der Waals surface area (Å²) in [5, 5.41) is 0. The Morgan fingerprint density at radius 2 is 1.09 bits per heavy atom. The van der Waals surface area contributed by atoms with Crippen molar-refractivity contribution in [2.24, 2.45) is 0 Å². The quantitative estimate of drug-likeness (QED) is 0.129. The minimum Gasteiger partial charge on any atom is -0.496 e. The van der Waals surface area contributed by atoms with Crippen LogP contribution in [-0.2, 0) is 19.8 Å². The van der Waals surface area contributed by atoms with Crippen molar-refractivity contribution in [1.82, 2.24) is 4.90 Å². The van der Waals surface area contributed by atoms with Gasteiger partial charge >= 0.3 is 0 Å². The molecule has 1 saturated heterocycles. The van der Waals surface area contributed by atoms with Crippen LogP contribution in [0.2, 0.25) is 0 Å². The number of carbonyl (C=O) groups is 1. The Morgan fingerprint density at radius 1 is 0.638 bits per heavy atom. The van der Waals surface area contributed by atoms with Crippen LogP contribution in [-0.4, -0.2) is 52.7 Å². The number of nitrogens with zero attached hydrogens (tertiary/aromatic N) is 1. The molecule has 4 aromatic carbocycles. The highest BCUT2D eigenvalue weighted by atomic mass is 16.5. The van der Waals surface area contributed by atoms with Crippen molar-refractivity contribution in [3.63, 3.8) is 0 Å². The molecule has 0 N–H and O–H groups in total. The number of likely N-dealkylation sites (tertiary alicyclic amines) is 1.